The molecule has 2 aliphatic rings. The predicted octanol–water partition coefficient (Wildman–Crippen LogP) is 4.40. The van der Waals surface area contributed by atoms with Crippen LogP contribution in [0.1, 0.15) is 51.4 Å². The molecule has 3 rings (SSSR count). The maximum atomic E-state index is 12.6. The smallest absolute Gasteiger partial charge is 0.242 e. The van der Waals surface area contributed by atoms with E-state index in [1.54, 1.807) is 0 Å². The standard InChI is InChI=1S/C19H27ClN2O/c20-16-8-10-17(11-9-16)22-14-4-7-18(22)19(23)21-13-12-15-5-2-1-3-6-15/h8-11,15,18H,1-7,12-14H2,(H,21,23)/t18-/m0/s1. The van der Waals surface area contributed by atoms with Crippen molar-refractivity contribution in [1.82, 2.24) is 5.32 Å². The lowest BCUT2D eigenvalue weighted by molar-refractivity contribution is -0.122. The molecule has 1 saturated heterocycles. The van der Waals surface area contributed by atoms with E-state index in [0.29, 0.717) is 0 Å². The number of amides is 1. The van der Waals surface area contributed by atoms with Gasteiger partial charge in [-0.15, -0.1) is 0 Å². The average Bonchev–Trinajstić information content (AvgIpc) is 3.06. The molecule has 4 heteroatoms. The van der Waals surface area contributed by atoms with Gasteiger partial charge in [-0.25, -0.2) is 0 Å². The molecule has 3 nitrogen and oxygen atoms in total. The quantitative estimate of drug-likeness (QED) is 0.865. The molecule has 1 amide bonds. The number of carbonyl (C=O) groups is 1. The summed E-state index contributed by atoms with van der Waals surface area (Å²) in [5.41, 5.74) is 1.10. The highest BCUT2D eigenvalue weighted by Crippen LogP contribution is 2.28. The zero-order valence-corrected chi connectivity index (χ0v) is 14.5. The van der Waals surface area contributed by atoms with Crippen molar-refractivity contribution in [3.8, 4) is 0 Å². The highest BCUT2D eigenvalue weighted by Gasteiger charge is 2.30. The van der Waals surface area contributed by atoms with Gasteiger partial charge in [0.1, 0.15) is 6.04 Å². The maximum Gasteiger partial charge on any atom is 0.242 e. The normalized spacial score (nSPS) is 22.3. The highest BCUT2D eigenvalue weighted by molar-refractivity contribution is 6.30. The fourth-order valence-corrected chi connectivity index (χ4v) is 4.10. The van der Waals surface area contributed by atoms with Crippen molar-refractivity contribution in [2.75, 3.05) is 18.0 Å². The third-order valence-corrected chi connectivity index (χ3v) is 5.54. The Kier molecular flexibility index (Phi) is 5.82. The van der Waals surface area contributed by atoms with Gasteiger partial charge < -0.3 is 10.2 Å². The molecule has 1 aromatic rings. The van der Waals surface area contributed by atoms with Crippen molar-refractivity contribution in [2.24, 2.45) is 5.92 Å². The van der Waals surface area contributed by atoms with Gasteiger partial charge >= 0.3 is 0 Å². The van der Waals surface area contributed by atoms with E-state index in [1.165, 1.54) is 32.1 Å². The minimum Gasteiger partial charge on any atom is -0.360 e. The van der Waals surface area contributed by atoms with E-state index in [-0.39, 0.29) is 11.9 Å². The summed E-state index contributed by atoms with van der Waals surface area (Å²) in [7, 11) is 0. The number of nitrogens with one attached hydrogen (secondary N) is 1. The number of hydrogen-bond acceptors (Lipinski definition) is 2. The number of halogens is 1. The summed E-state index contributed by atoms with van der Waals surface area (Å²) in [5.74, 6) is 1.01. The summed E-state index contributed by atoms with van der Waals surface area (Å²) in [4.78, 5) is 14.8. The van der Waals surface area contributed by atoms with Crippen LogP contribution in [0, 0.1) is 5.92 Å². The second-order valence-corrected chi connectivity index (χ2v) is 7.35. The van der Waals surface area contributed by atoms with Crippen LogP contribution in [0.25, 0.3) is 0 Å². The first-order valence-corrected chi connectivity index (χ1v) is 9.42. The maximum absolute atomic E-state index is 12.6. The molecule has 0 unspecified atom stereocenters. The summed E-state index contributed by atoms with van der Waals surface area (Å²) in [5, 5.41) is 3.91. The molecule has 1 aliphatic carbocycles. The zero-order chi connectivity index (χ0) is 16.1. The van der Waals surface area contributed by atoms with Crippen LogP contribution in [-0.4, -0.2) is 25.0 Å². The Hall–Kier alpha value is -1.22. The van der Waals surface area contributed by atoms with Gasteiger partial charge in [-0.2, -0.15) is 0 Å². The zero-order valence-electron chi connectivity index (χ0n) is 13.8. The summed E-state index contributed by atoms with van der Waals surface area (Å²) < 4.78 is 0. The second kappa shape index (κ2) is 8.05. The minimum absolute atomic E-state index is 0.0254. The first-order valence-electron chi connectivity index (χ1n) is 9.04. The fourth-order valence-electron chi connectivity index (χ4n) is 3.97. The lowest BCUT2D eigenvalue weighted by Crippen LogP contribution is -2.43. The third kappa shape index (κ3) is 4.41. The average molecular weight is 335 g/mol. The lowest BCUT2D eigenvalue weighted by atomic mass is 9.87. The number of benzene rings is 1. The van der Waals surface area contributed by atoms with Crippen LogP contribution in [0.2, 0.25) is 5.02 Å². The Labute approximate surface area is 144 Å². The molecule has 0 radical (unpaired) electrons. The number of rotatable bonds is 5. The fraction of sp³-hybridized carbons (Fsp3) is 0.632. The monoisotopic (exact) mass is 334 g/mol. The molecule has 0 bridgehead atoms. The molecule has 1 N–H and O–H groups in total. The van der Waals surface area contributed by atoms with Crippen LogP contribution in [0.15, 0.2) is 24.3 Å². The van der Waals surface area contributed by atoms with Crippen LogP contribution < -0.4 is 10.2 Å². The lowest BCUT2D eigenvalue weighted by Gasteiger charge is -2.27. The van der Waals surface area contributed by atoms with Gasteiger partial charge in [0.2, 0.25) is 5.91 Å². The van der Waals surface area contributed by atoms with E-state index in [4.69, 9.17) is 11.6 Å². The first kappa shape index (κ1) is 16.6. The van der Waals surface area contributed by atoms with Crippen molar-refractivity contribution in [2.45, 2.75) is 57.4 Å². The van der Waals surface area contributed by atoms with Crippen LogP contribution in [0.4, 0.5) is 5.69 Å². The van der Waals surface area contributed by atoms with Crippen LogP contribution in [0.5, 0.6) is 0 Å². The molecule has 1 aromatic carbocycles. The first-order chi connectivity index (χ1) is 11.2. The van der Waals surface area contributed by atoms with Gasteiger partial charge in [-0.1, -0.05) is 43.7 Å². The third-order valence-electron chi connectivity index (χ3n) is 5.29. The molecule has 2 fully saturated rings. The summed E-state index contributed by atoms with van der Waals surface area (Å²) >= 11 is 5.96. The Bertz CT molecular complexity index is 511. The Morgan fingerprint density at radius 2 is 1.83 bits per heavy atom. The summed E-state index contributed by atoms with van der Waals surface area (Å²) in [6.45, 7) is 1.77. The van der Waals surface area contributed by atoms with E-state index in [2.05, 4.69) is 10.2 Å². The van der Waals surface area contributed by atoms with E-state index in [9.17, 15) is 4.79 Å². The molecule has 1 atom stereocenters. The minimum atomic E-state index is -0.0254. The molecule has 0 aromatic heterocycles. The van der Waals surface area contributed by atoms with Gasteiger partial charge in [-0.3, -0.25) is 4.79 Å². The van der Waals surface area contributed by atoms with Crippen molar-refractivity contribution in [1.29, 1.82) is 0 Å². The molecule has 1 heterocycles. The van der Waals surface area contributed by atoms with Crippen LogP contribution in [-0.2, 0) is 4.79 Å². The molecule has 0 spiro atoms. The van der Waals surface area contributed by atoms with E-state index in [0.717, 1.165) is 49.0 Å². The van der Waals surface area contributed by atoms with Crippen molar-refractivity contribution >= 4 is 23.2 Å². The molecule has 1 aliphatic heterocycles. The SMILES string of the molecule is O=C(NCCC1CCCCC1)[C@@H]1CCCN1c1ccc(Cl)cc1. The molecule has 126 valence electrons. The second-order valence-electron chi connectivity index (χ2n) is 6.91. The van der Waals surface area contributed by atoms with Gasteiger partial charge in [0, 0.05) is 23.8 Å². The topological polar surface area (TPSA) is 32.3 Å². The van der Waals surface area contributed by atoms with Crippen molar-refractivity contribution in [3.05, 3.63) is 29.3 Å². The van der Waals surface area contributed by atoms with Gasteiger partial charge in [0.25, 0.3) is 0 Å². The van der Waals surface area contributed by atoms with Gasteiger partial charge in [0.05, 0.1) is 0 Å². The summed E-state index contributed by atoms with van der Waals surface area (Å²) in [6, 6.07) is 7.79. The number of nitrogens with zero attached hydrogens (tertiary/aromatic N) is 1. The highest BCUT2D eigenvalue weighted by atomic mass is 35.5. The molecule has 1 saturated carbocycles. The number of carbonyl (C=O) groups excluding carboxylic acids is 1. The Morgan fingerprint density at radius 1 is 1.09 bits per heavy atom. The molecule has 23 heavy (non-hydrogen) atoms. The van der Waals surface area contributed by atoms with E-state index < -0.39 is 0 Å². The van der Waals surface area contributed by atoms with E-state index in [1.807, 2.05) is 24.3 Å². The number of hydrogen-bond donors (Lipinski definition) is 1. The predicted molar refractivity (Wildman–Crippen MR) is 96.0 cm³/mol. The van der Waals surface area contributed by atoms with Crippen LogP contribution >= 0.6 is 11.6 Å². The number of anilines is 1. The molecular formula is C19H27ClN2O. The summed E-state index contributed by atoms with van der Waals surface area (Å²) in [6.07, 6.45) is 9.96. The van der Waals surface area contributed by atoms with E-state index >= 15 is 0 Å². The van der Waals surface area contributed by atoms with Crippen molar-refractivity contribution in [3.63, 3.8) is 0 Å². The Morgan fingerprint density at radius 3 is 2.57 bits per heavy atom. The molecular weight excluding hydrogens is 308 g/mol. The largest absolute Gasteiger partial charge is 0.360 e. The van der Waals surface area contributed by atoms with Crippen molar-refractivity contribution < 1.29 is 4.79 Å². The van der Waals surface area contributed by atoms with Gasteiger partial charge in [-0.05, 0) is 49.4 Å². The van der Waals surface area contributed by atoms with Gasteiger partial charge in [0.15, 0.2) is 0 Å². The van der Waals surface area contributed by atoms with Crippen LogP contribution in [0.3, 0.4) is 0 Å². The Balaban J connectivity index is 1.50.